The number of hydrogen-bond acceptors (Lipinski definition) is 4. The Morgan fingerprint density at radius 2 is 1.45 bits per heavy atom. The van der Waals surface area contributed by atoms with Crippen molar-refractivity contribution < 1.29 is 14.4 Å². The van der Waals surface area contributed by atoms with Gasteiger partial charge in [-0.2, -0.15) is 0 Å². The molecule has 2 N–H and O–H groups in total. The van der Waals surface area contributed by atoms with E-state index < -0.39 is 0 Å². The lowest BCUT2D eigenvalue weighted by atomic mass is 10.0. The minimum atomic E-state index is -0.326. The minimum Gasteiger partial charge on any atom is -0.350 e. The zero-order valence-electron chi connectivity index (χ0n) is 18.7. The molecule has 3 amide bonds. The Balaban J connectivity index is 1.99. The van der Waals surface area contributed by atoms with Crippen LogP contribution in [0.2, 0.25) is 0 Å². The van der Waals surface area contributed by atoms with Crippen molar-refractivity contribution >= 4 is 34.7 Å². The molecule has 0 spiro atoms. The first-order chi connectivity index (χ1) is 14.7. The number of rotatable bonds is 7. The Labute approximate surface area is 183 Å². The summed E-state index contributed by atoms with van der Waals surface area (Å²) in [5.74, 6) is -0.252. The minimum absolute atomic E-state index is 0.154. The molecule has 0 aliphatic carbocycles. The van der Waals surface area contributed by atoms with Crippen molar-refractivity contribution in [1.82, 2.24) is 4.90 Å². The maximum atomic E-state index is 13.2. The largest absolute Gasteiger partial charge is 0.350 e. The van der Waals surface area contributed by atoms with Crippen LogP contribution in [0.5, 0.6) is 0 Å². The van der Waals surface area contributed by atoms with E-state index in [1.54, 1.807) is 24.3 Å². The molecule has 31 heavy (non-hydrogen) atoms. The van der Waals surface area contributed by atoms with Gasteiger partial charge < -0.3 is 10.6 Å². The predicted molar refractivity (Wildman–Crippen MR) is 123 cm³/mol. The normalized spacial score (nSPS) is 14.1. The molecule has 2 aromatic rings. The molecular formula is C25H29N3O3. The highest BCUT2D eigenvalue weighted by Crippen LogP contribution is 2.32. The average Bonchev–Trinajstić information content (AvgIpc) is 2.93. The molecule has 0 radical (unpaired) electrons. The number of hydrogen-bond donors (Lipinski definition) is 2. The fourth-order valence-corrected chi connectivity index (χ4v) is 3.51. The lowest BCUT2D eigenvalue weighted by Crippen LogP contribution is -2.35. The second-order valence-corrected chi connectivity index (χ2v) is 8.53. The van der Waals surface area contributed by atoms with E-state index in [0.717, 1.165) is 5.69 Å². The van der Waals surface area contributed by atoms with Gasteiger partial charge in [0.15, 0.2) is 0 Å². The van der Waals surface area contributed by atoms with Gasteiger partial charge in [0.2, 0.25) is 5.91 Å². The quantitative estimate of drug-likeness (QED) is 0.642. The van der Waals surface area contributed by atoms with Gasteiger partial charge in [-0.25, -0.2) is 0 Å². The molecule has 0 unspecified atom stereocenters. The maximum absolute atomic E-state index is 13.2. The van der Waals surface area contributed by atoms with Gasteiger partial charge in [-0.3, -0.25) is 19.3 Å². The highest BCUT2D eigenvalue weighted by atomic mass is 16.2. The number of amides is 3. The van der Waals surface area contributed by atoms with Crippen LogP contribution in [0.4, 0.5) is 11.4 Å². The van der Waals surface area contributed by atoms with Crippen LogP contribution in [0, 0.1) is 5.92 Å². The van der Waals surface area contributed by atoms with Crippen LogP contribution < -0.4 is 10.6 Å². The van der Waals surface area contributed by atoms with Crippen LogP contribution in [0.25, 0.3) is 5.57 Å². The van der Waals surface area contributed by atoms with Crippen LogP contribution in [0.1, 0.15) is 51.7 Å². The number of nitrogens with one attached hydrogen (secondary N) is 2. The van der Waals surface area contributed by atoms with E-state index in [1.165, 1.54) is 17.4 Å². The van der Waals surface area contributed by atoms with Crippen LogP contribution >= 0.6 is 0 Å². The van der Waals surface area contributed by atoms with Crippen molar-refractivity contribution in [3.05, 3.63) is 65.4 Å². The topological polar surface area (TPSA) is 78.5 Å². The van der Waals surface area contributed by atoms with Gasteiger partial charge >= 0.3 is 0 Å². The standard InChI is InChI=1S/C25H29N3O3/c1-15(2)14-28-24(30)22(19-8-12-20(13-9-19)26-17(5)29)23(25(28)31)27-21-10-6-18(7-11-21)16(3)4/h6-13,15-16,27H,14H2,1-5H3,(H,26,29). The van der Waals surface area contributed by atoms with Crippen LogP contribution in [-0.4, -0.2) is 29.2 Å². The summed E-state index contributed by atoms with van der Waals surface area (Å²) in [7, 11) is 0. The van der Waals surface area contributed by atoms with Crippen molar-refractivity contribution in [1.29, 1.82) is 0 Å². The van der Waals surface area contributed by atoms with E-state index in [9.17, 15) is 14.4 Å². The summed E-state index contributed by atoms with van der Waals surface area (Å²) in [6, 6.07) is 14.8. The second kappa shape index (κ2) is 9.16. The van der Waals surface area contributed by atoms with E-state index in [4.69, 9.17) is 0 Å². The lowest BCUT2D eigenvalue weighted by Gasteiger charge is -2.17. The summed E-state index contributed by atoms with van der Waals surface area (Å²) in [5, 5.41) is 5.89. The number of nitrogens with zero attached hydrogens (tertiary/aromatic N) is 1. The highest BCUT2D eigenvalue weighted by molar-refractivity contribution is 6.36. The monoisotopic (exact) mass is 419 g/mol. The highest BCUT2D eigenvalue weighted by Gasteiger charge is 2.39. The summed E-state index contributed by atoms with van der Waals surface area (Å²) >= 11 is 0. The molecular weight excluding hydrogens is 390 g/mol. The first kappa shape index (κ1) is 22.3. The average molecular weight is 420 g/mol. The molecule has 1 heterocycles. The summed E-state index contributed by atoms with van der Waals surface area (Å²) < 4.78 is 0. The summed E-state index contributed by atoms with van der Waals surface area (Å²) in [6.45, 7) is 9.97. The third-order valence-corrected chi connectivity index (χ3v) is 5.06. The molecule has 0 bridgehead atoms. The SMILES string of the molecule is CC(=O)Nc1ccc(C2=C(Nc3ccc(C(C)C)cc3)C(=O)N(CC(C)C)C2=O)cc1. The number of imide groups is 1. The van der Waals surface area contributed by atoms with Crippen molar-refractivity contribution in [2.45, 2.75) is 40.5 Å². The number of anilines is 2. The molecule has 0 fully saturated rings. The number of benzene rings is 2. The summed E-state index contributed by atoms with van der Waals surface area (Å²) in [5.41, 5.74) is 3.82. The lowest BCUT2D eigenvalue weighted by molar-refractivity contribution is -0.137. The van der Waals surface area contributed by atoms with E-state index in [1.807, 2.05) is 38.1 Å². The van der Waals surface area contributed by atoms with E-state index in [2.05, 4.69) is 24.5 Å². The van der Waals surface area contributed by atoms with Gasteiger partial charge in [0.05, 0.1) is 5.57 Å². The second-order valence-electron chi connectivity index (χ2n) is 8.53. The van der Waals surface area contributed by atoms with Crippen molar-refractivity contribution in [2.75, 3.05) is 17.2 Å². The molecule has 6 nitrogen and oxygen atoms in total. The Kier molecular flexibility index (Phi) is 6.59. The third kappa shape index (κ3) is 5.02. The Morgan fingerprint density at radius 3 is 1.97 bits per heavy atom. The van der Waals surface area contributed by atoms with Crippen LogP contribution in [0.15, 0.2) is 54.2 Å². The van der Waals surface area contributed by atoms with Gasteiger partial charge in [0, 0.05) is 24.8 Å². The van der Waals surface area contributed by atoms with E-state index in [-0.39, 0.29) is 29.3 Å². The van der Waals surface area contributed by atoms with Gasteiger partial charge in [-0.15, -0.1) is 0 Å². The van der Waals surface area contributed by atoms with Gasteiger partial charge in [-0.05, 0) is 47.2 Å². The predicted octanol–water partition coefficient (Wildman–Crippen LogP) is 4.62. The van der Waals surface area contributed by atoms with E-state index in [0.29, 0.717) is 29.3 Å². The summed E-state index contributed by atoms with van der Waals surface area (Å²) in [6.07, 6.45) is 0. The molecule has 6 heteroatoms. The zero-order chi connectivity index (χ0) is 22.7. The first-order valence-electron chi connectivity index (χ1n) is 10.5. The molecule has 0 atom stereocenters. The first-order valence-corrected chi connectivity index (χ1v) is 10.5. The number of carbonyl (C=O) groups excluding carboxylic acids is 3. The molecule has 1 aliphatic rings. The van der Waals surface area contributed by atoms with E-state index >= 15 is 0 Å². The van der Waals surface area contributed by atoms with Crippen molar-refractivity contribution in [2.24, 2.45) is 5.92 Å². The molecule has 0 saturated heterocycles. The fourth-order valence-electron chi connectivity index (χ4n) is 3.51. The molecule has 3 rings (SSSR count). The third-order valence-electron chi connectivity index (χ3n) is 5.06. The van der Waals surface area contributed by atoms with Gasteiger partial charge in [0.25, 0.3) is 11.8 Å². The summed E-state index contributed by atoms with van der Waals surface area (Å²) in [4.78, 5) is 38.9. The molecule has 0 aromatic heterocycles. The Hall–Kier alpha value is -3.41. The van der Waals surface area contributed by atoms with Crippen LogP contribution in [0.3, 0.4) is 0 Å². The zero-order valence-corrected chi connectivity index (χ0v) is 18.7. The Morgan fingerprint density at radius 1 is 0.871 bits per heavy atom. The molecule has 2 aromatic carbocycles. The molecule has 1 aliphatic heterocycles. The van der Waals surface area contributed by atoms with Gasteiger partial charge in [0.1, 0.15) is 5.70 Å². The Bertz CT molecular complexity index is 1020. The number of carbonyl (C=O) groups is 3. The fraction of sp³-hybridized carbons (Fsp3) is 0.320. The van der Waals surface area contributed by atoms with Crippen LogP contribution in [-0.2, 0) is 14.4 Å². The maximum Gasteiger partial charge on any atom is 0.278 e. The van der Waals surface area contributed by atoms with Gasteiger partial charge in [-0.1, -0.05) is 52.0 Å². The van der Waals surface area contributed by atoms with Crippen molar-refractivity contribution in [3.8, 4) is 0 Å². The van der Waals surface area contributed by atoms with Crippen molar-refractivity contribution in [3.63, 3.8) is 0 Å². The smallest absolute Gasteiger partial charge is 0.278 e. The molecule has 162 valence electrons. The molecule has 0 saturated carbocycles.